The number of benzene rings is 2. The molecule has 18 atom stereocenters. The third kappa shape index (κ3) is 10.9. The number of amides is 2. The van der Waals surface area contributed by atoms with Crippen molar-refractivity contribution in [3.63, 3.8) is 0 Å². The third-order valence-corrected chi connectivity index (χ3v) is 15.3. The molecule has 0 saturated carbocycles. The molecule has 382 valence electrons. The number of aliphatic hydroxyl groups is 16. The van der Waals surface area contributed by atoms with Crippen LogP contribution < -0.4 is 10.6 Å². The van der Waals surface area contributed by atoms with Crippen molar-refractivity contribution < 1.29 is 110 Å². The maximum atomic E-state index is 12.7. The zero-order valence-electron chi connectivity index (χ0n) is 36.2. The summed E-state index contributed by atoms with van der Waals surface area (Å²) in [6, 6.07) is 11.8. The minimum Gasteiger partial charge on any atom is -0.394 e. The lowest BCUT2D eigenvalue weighted by Crippen LogP contribution is -2.76. The fraction of sp³-hybridized carbons (Fsp3) is 0.667. The van der Waals surface area contributed by atoms with E-state index in [9.17, 15) is 91.3 Å². The molecule has 2 amide bonds. The number of ether oxygens (including phenoxy) is 4. The van der Waals surface area contributed by atoms with Gasteiger partial charge >= 0.3 is 0 Å². The van der Waals surface area contributed by atoms with Crippen molar-refractivity contribution in [3.05, 3.63) is 48.5 Å². The largest absolute Gasteiger partial charge is 0.394 e. The van der Waals surface area contributed by atoms with E-state index in [1.807, 2.05) is 0 Å². The highest BCUT2D eigenvalue weighted by atomic mass is 32.2. The van der Waals surface area contributed by atoms with Crippen LogP contribution in [0.2, 0.25) is 0 Å². The Kier molecular flexibility index (Phi) is 18.0. The molecule has 4 aliphatic heterocycles. The maximum absolute atomic E-state index is 12.7. The first-order chi connectivity index (χ1) is 32.1. The van der Waals surface area contributed by atoms with E-state index in [1.165, 1.54) is 48.5 Å². The summed E-state index contributed by atoms with van der Waals surface area (Å²) >= 11 is 1.17. The van der Waals surface area contributed by atoms with Gasteiger partial charge in [0.1, 0.15) is 96.7 Å². The zero-order valence-corrected chi connectivity index (χ0v) is 37.8. The molecule has 4 saturated heterocycles. The van der Waals surface area contributed by atoms with Crippen molar-refractivity contribution in [2.75, 3.05) is 50.3 Å². The van der Waals surface area contributed by atoms with Crippen molar-refractivity contribution >= 4 is 46.7 Å². The number of carbonyl (C=O) groups is 2. The normalized spacial score (nSPS) is 40.9. The molecule has 0 unspecified atom stereocenters. The molecule has 0 radical (unpaired) electrons. The molecular weight excluding hydrogens is 949 g/mol. The number of rotatable bonds is 17. The van der Waals surface area contributed by atoms with Crippen LogP contribution in [0, 0.1) is 0 Å². The number of unbranched alkanes of at least 4 members (excludes halogenated alkanes) is 1. The standard InChI is InChI=1S/C42H60N2O22S2/c45-13-23-29(51)31(53)33(55)35(65-23)39(59)17-63-25(15-47)41(61,37(39)57)67-21-9-5-19(6-10-21)43-27(49)3-1-2-4-28(50)44-20-7-11-22(12-8-20)68-42(62)26(16-48)64-18-40(60,38(42)58)36-34(56)32(54)30(52)24(14-46)66-36/h5-12,23-26,29-38,45-48,51-62H,1-4,13-18H2,(H,43,49)(H,44,50)/t23-,24-,25-,26-,29-,30-,31+,32+,33-,34-,35-,36-,37-,38-,39-,40-,41-,42-/m1/s1. The third-order valence-electron chi connectivity index (χ3n) is 12.7. The molecule has 24 nitrogen and oxygen atoms in total. The fourth-order valence-electron chi connectivity index (χ4n) is 8.66. The van der Waals surface area contributed by atoms with Crippen molar-refractivity contribution in [3.8, 4) is 0 Å². The van der Waals surface area contributed by atoms with Crippen LogP contribution >= 0.6 is 23.5 Å². The number of anilines is 2. The van der Waals surface area contributed by atoms with E-state index in [2.05, 4.69) is 10.6 Å². The maximum Gasteiger partial charge on any atom is 0.224 e. The van der Waals surface area contributed by atoms with Crippen LogP contribution in [0.1, 0.15) is 25.7 Å². The van der Waals surface area contributed by atoms with E-state index in [1.54, 1.807) is 0 Å². The van der Waals surface area contributed by atoms with Gasteiger partial charge in [-0.05, 0) is 61.4 Å². The van der Waals surface area contributed by atoms with Gasteiger partial charge in [0, 0.05) is 34.0 Å². The van der Waals surface area contributed by atoms with Gasteiger partial charge in [-0.2, -0.15) is 0 Å². The van der Waals surface area contributed by atoms with Gasteiger partial charge in [-0.1, -0.05) is 23.5 Å². The van der Waals surface area contributed by atoms with Crippen LogP contribution in [-0.4, -0.2) is 240 Å². The fourth-order valence-corrected chi connectivity index (χ4v) is 11.1. The Morgan fingerprint density at radius 1 is 0.515 bits per heavy atom. The molecule has 18 N–H and O–H groups in total. The van der Waals surface area contributed by atoms with Crippen molar-refractivity contribution in [1.29, 1.82) is 0 Å². The molecule has 26 heteroatoms. The van der Waals surface area contributed by atoms with Gasteiger partial charge in [-0.25, -0.2) is 0 Å². The van der Waals surface area contributed by atoms with Crippen molar-refractivity contribution in [2.45, 2.75) is 142 Å². The molecule has 4 aliphatic rings. The average molecular weight is 1010 g/mol. The molecule has 0 bridgehead atoms. The summed E-state index contributed by atoms with van der Waals surface area (Å²) in [5.41, 5.74) is -4.53. The molecule has 0 aromatic heterocycles. The predicted octanol–water partition coefficient (Wildman–Crippen LogP) is -5.96. The number of carbonyl (C=O) groups excluding carboxylic acids is 2. The lowest BCUT2D eigenvalue weighted by Gasteiger charge is -2.55. The zero-order chi connectivity index (χ0) is 49.9. The molecule has 4 fully saturated rings. The van der Waals surface area contributed by atoms with Crippen LogP contribution in [0.5, 0.6) is 0 Å². The predicted molar refractivity (Wildman–Crippen MR) is 233 cm³/mol. The first kappa shape index (κ1) is 54.6. The summed E-state index contributed by atoms with van der Waals surface area (Å²) in [5, 5.41) is 176. The highest BCUT2D eigenvalue weighted by Crippen LogP contribution is 2.49. The van der Waals surface area contributed by atoms with Crippen molar-refractivity contribution in [2.24, 2.45) is 0 Å². The van der Waals surface area contributed by atoms with E-state index in [0.29, 0.717) is 47.7 Å². The number of aliphatic hydroxyl groups excluding tert-OH is 12. The van der Waals surface area contributed by atoms with Crippen LogP contribution in [0.15, 0.2) is 58.3 Å². The van der Waals surface area contributed by atoms with Crippen LogP contribution in [-0.2, 0) is 28.5 Å². The molecule has 0 spiro atoms. The van der Waals surface area contributed by atoms with Gasteiger partial charge in [0.25, 0.3) is 0 Å². The van der Waals surface area contributed by atoms with Crippen LogP contribution in [0.3, 0.4) is 0 Å². The summed E-state index contributed by atoms with van der Waals surface area (Å²) in [6.45, 7) is -4.83. The summed E-state index contributed by atoms with van der Waals surface area (Å²) in [7, 11) is 0. The van der Waals surface area contributed by atoms with Gasteiger partial charge in [-0.15, -0.1) is 0 Å². The van der Waals surface area contributed by atoms with Crippen molar-refractivity contribution in [1.82, 2.24) is 0 Å². The second-order valence-corrected chi connectivity index (χ2v) is 20.0. The monoisotopic (exact) mass is 1010 g/mol. The lowest BCUT2D eigenvalue weighted by molar-refractivity contribution is -0.328. The summed E-state index contributed by atoms with van der Waals surface area (Å²) in [4.78, 5) is 21.1. The summed E-state index contributed by atoms with van der Waals surface area (Å²) in [5.74, 6) is -0.771. The first-order valence-corrected chi connectivity index (χ1v) is 23.2. The van der Waals surface area contributed by atoms with Gasteiger partial charge < -0.3 is 111 Å². The van der Waals surface area contributed by atoms with Gasteiger partial charge in [0.2, 0.25) is 11.8 Å². The van der Waals surface area contributed by atoms with Crippen LogP contribution in [0.4, 0.5) is 11.4 Å². The Morgan fingerprint density at radius 2 is 0.853 bits per heavy atom. The first-order valence-electron chi connectivity index (χ1n) is 21.6. The molecule has 0 aliphatic carbocycles. The molecular formula is C42H60N2O22S2. The van der Waals surface area contributed by atoms with E-state index in [4.69, 9.17) is 18.9 Å². The number of hydrogen-bond acceptors (Lipinski definition) is 24. The molecule has 6 rings (SSSR count). The lowest BCUT2D eigenvalue weighted by atomic mass is 9.77. The Morgan fingerprint density at radius 3 is 1.16 bits per heavy atom. The molecule has 2 aromatic rings. The van der Waals surface area contributed by atoms with Gasteiger partial charge in [0.05, 0.1) is 39.6 Å². The Labute approximate surface area is 396 Å². The SMILES string of the molecule is O=C(CCCCC(=O)Nc1ccc(S[C@@]2(O)[C@H](O)[C@](O)([C@@H]3O[C@H](CO)[C@@H](O)[C@H](O)[C@H]3O)CO[C@@H]2CO)cc1)Nc1ccc(S[C@@]2(O)[C@H](O)[C@](O)([C@@H]3O[C@H](CO)[C@@H](O)[C@H](O)[C@H]3O)CO[C@@H]2CO)cc1. The Bertz CT molecular complexity index is 1850. The Balaban J connectivity index is 0.969. The number of thioether (sulfide) groups is 2. The number of hydrogen-bond donors (Lipinski definition) is 18. The molecule has 68 heavy (non-hydrogen) atoms. The van der Waals surface area contributed by atoms with E-state index < -0.39 is 146 Å². The van der Waals surface area contributed by atoms with E-state index in [0.717, 1.165) is 0 Å². The molecule has 2 aromatic carbocycles. The van der Waals surface area contributed by atoms with E-state index in [-0.39, 0.29) is 34.4 Å². The second-order valence-electron chi connectivity index (χ2n) is 17.3. The highest BCUT2D eigenvalue weighted by molar-refractivity contribution is 8.00. The average Bonchev–Trinajstić information content (AvgIpc) is 3.31. The minimum atomic E-state index is -2.61. The summed E-state index contributed by atoms with van der Waals surface area (Å²) in [6.07, 6.45) is -24.5. The Hall–Kier alpha value is -2.72. The molecule has 4 heterocycles. The minimum absolute atomic E-state index is 0.0342. The van der Waals surface area contributed by atoms with Crippen LogP contribution in [0.25, 0.3) is 0 Å². The highest BCUT2D eigenvalue weighted by Gasteiger charge is 2.67. The van der Waals surface area contributed by atoms with Gasteiger partial charge in [-0.3, -0.25) is 9.59 Å². The van der Waals surface area contributed by atoms with Gasteiger partial charge in [0.15, 0.2) is 9.87 Å². The quantitative estimate of drug-likeness (QED) is 0.0518. The second kappa shape index (κ2) is 22.4. The summed E-state index contributed by atoms with van der Waals surface area (Å²) < 4.78 is 21.9. The van der Waals surface area contributed by atoms with E-state index >= 15 is 0 Å². The smallest absolute Gasteiger partial charge is 0.224 e. The topological polar surface area (TPSA) is 419 Å². The number of nitrogens with one attached hydrogen (secondary N) is 2.